The number of hydrogen-bond donors (Lipinski definition) is 3. The second kappa shape index (κ2) is 9.85. The summed E-state index contributed by atoms with van der Waals surface area (Å²) in [5, 5.41) is 14.6. The molecule has 0 bridgehead atoms. The molecule has 0 radical (unpaired) electrons. The number of rotatable bonds is 9. The van der Waals surface area contributed by atoms with Crippen LogP contribution in [-0.4, -0.2) is 42.3 Å². The highest BCUT2D eigenvalue weighted by Gasteiger charge is 2.33. The lowest BCUT2D eigenvalue weighted by Gasteiger charge is -2.25. The molecule has 2 atom stereocenters. The third kappa shape index (κ3) is 4.77. The lowest BCUT2D eigenvalue weighted by atomic mass is 9.87. The van der Waals surface area contributed by atoms with Crippen LogP contribution in [0.3, 0.4) is 0 Å². The number of benzene rings is 2. The zero-order valence-corrected chi connectivity index (χ0v) is 18.7. The maximum absolute atomic E-state index is 12.5. The fourth-order valence-corrected chi connectivity index (χ4v) is 3.89. The van der Waals surface area contributed by atoms with Crippen LogP contribution in [0.1, 0.15) is 50.7 Å². The molecule has 2 amide bonds. The van der Waals surface area contributed by atoms with Gasteiger partial charge in [-0.15, -0.1) is 0 Å². The maximum atomic E-state index is 12.5. The molecule has 32 heavy (non-hydrogen) atoms. The van der Waals surface area contributed by atoms with Crippen LogP contribution >= 0.6 is 0 Å². The Labute approximate surface area is 188 Å². The second-order valence-electron chi connectivity index (χ2n) is 8.37. The van der Waals surface area contributed by atoms with Gasteiger partial charge in [-0.05, 0) is 42.0 Å². The minimum absolute atomic E-state index is 0.0134. The van der Waals surface area contributed by atoms with Crippen LogP contribution in [-0.2, 0) is 14.3 Å². The Hall–Kier alpha value is -3.35. The molecule has 170 valence electrons. The van der Waals surface area contributed by atoms with E-state index < -0.39 is 29.4 Å². The average molecular weight is 439 g/mol. The molecule has 7 nitrogen and oxygen atoms in total. The number of fused-ring (bicyclic) bond motifs is 3. The monoisotopic (exact) mass is 438 g/mol. The molecule has 0 saturated heterocycles. The molecule has 2 aromatic rings. The van der Waals surface area contributed by atoms with E-state index in [2.05, 4.69) is 22.8 Å². The van der Waals surface area contributed by atoms with E-state index in [0.29, 0.717) is 12.8 Å². The van der Waals surface area contributed by atoms with Crippen molar-refractivity contribution in [3.8, 4) is 11.1 Å². The van der Waals surface area contributed by atoms with Gasteiger partial charge in [-0.1, -0.05) is 62.4 Å². The summed E-state index contributed by atoms with van der Waals surface area (Å²) in [7, 11) is 0. The van der Waals surface area contributed by atoms with Gasteiger partial charge in [-0.3, -0.25) is 9.59 Å². The topological polar surface area (TPSA) is 105 Å². The van der Waals surface area contributed by atoms with Gasteiger partial charge in [0.05, 0.1) is 5.41 Å². The fraction of sp³-hybridized carbons (Fsp3) is 0.400. The summed E-state index contributed by atoms with van der Waals surface area (Å²) in [4.78, 5) is 36.4. The number of amides is 2. The number of aliphatic carboxylic acids is 1. The van der Waals surface area contributed by atoms with Crippen LogP contribution in [0.5, 0.6) is 0 Å². The summed E-state index contributed by atoms with van der Waals surface area (Å²) in [6.45, 7) is 5.25. The number of hydrogen-bond acceptors (Lipinski definition) is 4. The lowest BCUT2D eigenvalue weighted by molar-refractivity contribution is -0.148. The zero-order valence-electron chi connectivity index (χ0n) is 18.7. The van der Waals surface area contributed by atoms with Gasteiger partial charge in [0.15, 0.2) is 0 Å². The van der Waals surface area contributed by atoms with E-state index in [1.165, 1.54) is 0 Å². The van der Waals surface area contributed by atoms with E-state index in [9.17, 15) is 19.5 Å². The Morgan fingerprint density at radius 2 is 1.59 bits per heavy atom. The Kier molecular flexibility index (Phi) is 7.18. The number of carbonyl (C=O) groups is 3. The molecule has 0 spiro atoms. The third-order valence-electron chi connectivity index (χ3n) is 6.31. The lowest BCUT2D eigenvalue weighted by Crippen LogP contribution is -2.50. The average Bonchev–Trinajstić information content (AvgIpc) is 3.13. The Balaban J connectivity index is 1.59. The van der Waals surface area contributed by atoms with Crippen LogP contribution < -0.4 is 10.6 Å². The Bertz CT molecular complexity index is 960. The van der Waals surface area contributed by atoms with Crippen molar-refractivity contribution in [3.63, 3.8) is 0 Å². The van der Waals surface area contributed by atoms with E-state index in [1.807, 2.05) is 36.4 Å². The summed E-state index contributed by atoms with van der Waals surface area (Å²) in [6, 6.07) is 15.3. The van der Waals surface area contributed by atoms with Gasteiger partial charge in [-0.2, -0.15) is 0 Å². The zero-order chi connectivity index (χ0) is 23.3. The van der Waals surface area contributed by atoms with Gasteiger partial charge in [0, 0.05) is 12.5 Å². The SMILES string of the molecule is CCC(NC(=O)OCC1c2ccccc2-c2ccccc21)C(=O)NCC(C)(CC)C(=O)O. The molecule has 3 rings (SSSR count). The molecule has 2 unspecified atom stereocenters. The van der Waals surface area contributed by atoms with Crippen molar-refractivity contribution in [2.75, 3.05) is 13.2 Å². The smallest absolute Gasteiger partial charge is 0.407 e. The number of nitrogens with one attached hydrogen (secondary N) is 2. The molecule has 1 aliphatic carbocycles. The van der Waals surface area contributed by atoms with E-state index in [0.717, 1.165) is 22.3 Å². The van der Waals surface area contributed by atoms with Crippen molar-refractivity contribution in [2.24, 2.45) is 5.41 Å². The van der Waals surface area contributed by atoms with Crippen LogP contribution in [0.15, 0.2) is 48.5 Å². The summed E-state index contributed by atoms with van der Waals surface area (Å²) < 4.78 is 5.50. The maximum Gasteiger partial charge on any atom is 0.407 e. The predicted molar refractivity (Wildman–Crippen MR) is 121 cm³/mol. The third-order valence-corrected chi connectivity index (χ3v) is 6.31. The number of alkyl carbamates (subject to hydrolysis) is 1. The highest BCUT2D eigenvalue weighted by Crippen LogP contribution is 2.44. The van der Waals surface area contributed by atoms with Gasteiger partial charge in [0.1, 0.15) is 12.6 Å². The second-order valence-corrected chi connectivity index (χ2v) is 8.37. The first kappa shape index (κ1) is 23.3. The molecule has 0 heterocycles. The first-order valence-electron chi connectivity index (χ1n) is 10.9. The number of ether oxygens (including phenoxy) is 1. The van der Waals surface area contributed by atoms with Crippen molar-refractivity contribution in [2.45, 2.75) is 45.6 Å². The summed E-state index contributed by atoms with van der Waals surface area (Å²) in [5.74, 6) is -1.47. The largest absolute Gasteiger partial charge is 0.481 e. The molecule has 0 fully saturated rings. The van der Waals surface area contributed by atoms with Crippen molar-refractivity contribution < 1.29 is 24.2 Å². The van der Waals surface area contributed by atoms with Crippen LogP contribution in [0.4, 0.5) is 4.79 Å². The van der Waals surface area contributed by atoms with Crippen LogP contribution in [0.2, 0.25) is 0 Å². The van der Waals surface area contributed by atoms with Crippen LogP contribution in [0, 0.1) is 5.41 Å². The van der Waals surface area contributed by atoms with E-state index in [1.54, 1.807) is 20.8 Å². The molecule has 2 aromatic carbocycles. The fourth-order valence-electron chi connectivity index (χ4n) is 3.89. The molecule has 0 aliphatic heterocycles. The van der Waals surface area contributed by atoms with Gasteiger partial charge in [0.25, 0.3) is 0 Å². The Morgan fingerprint density at radius 1 is 1.03 bits per heavy atom. The normalized spacial score (nSPS) is 15.1. The molecular formula is C25H30N2O5. The van der Waals surface area contributed by atoms with Gasteiger partial charge in [-0.25, -0.2) is 4.79 Å². The van der Waals surface area contributed by atoms with Gasteiger partial charge >= 0.3 is 12.1 Å². The number of carbonyl (C=O) groups excluding carboxylic acids is 2. The summed E-state index contributed by atoms with van der Waals surface area (Å²) in [5.41, 5.74) is 3.44. The molecule has 3 N–H and O–H groups in total. The summed E-state index contributed by atoms with van der Waals surface area (Å²) in [6.07, 6.45) is 0.0517. The molecule has 1 aliphatic rings. The van der Waals surface area contributed by atoms with Crippen molar-refractivity contribution in [3.05, 3.63) is 59.7 Å². The first-order valence-corrected chi connectivity index (χ1v) is 10.9. The Morgan fingerprint density at radius 3 is 2.09 bits per heavy atom. The predicted octanol–water partition coefficient (Wildman–Crippen LogP) is 3.92. The first-order chi connectivity index (χ1) is 15.3. The van der Waals surface area contributed by atoms with Crippen LogP contribution in [0.25, 0.3) is 11.1 Å². The van der Waals surface area contributed by atoms with Gasteiger partial charge < -0.3 is 20.5 Å². The van der Waals surface area contributed by atoms with Crippen molar-refractivity contribution in [1.82, 2.24) is 10.6 Å². The minimum Gasteiger partial charge on any atom is -0.481 e. The number of carboxylic acids is 1. The highest BCUT2D eigenvalue weighted by atomic mass is 16.5. The molecule has 7 heteroatoms. The molecular weight excluding hydrogens is 408 g/mol. The molecule has 0 aromatic heterocycles. The number of carboxylic acid groups (broad SMARTS) is 1. The van der Waals surface area contributed by atoms with E-state index in [-0.39, 0.29) is 19.1 Å². The highest BCUT2D eigenvalue weighted by molar-refractivity contribution is 5.86. The van der Waals surface area contributed by atoms with Gasteiger partial charge in [0.2, 0.25) is 5.91 Å². The quantitative estimate of drug-likeness (QED) is 0.550. The van der Waals surface area contributed by atoms with E-state index in [4.69, 9.17) is 4.74 Å². The van der Waals surface area contributed by atoms with Crippen molar-refractivity contribution >= 4 is 18.0 Å². The molecule has 0 saturated carbocycles. The summed E-state index contributed by atoms with van der Waals surface area (Å²) >= 11 is 0. The minimum atomic E-state index is -1.06. The van der Waals surface area contributed by atoms with E-state index >= 15 is 0 Å². The van der Waals surface area contributed by atoms with Crippen molar-refractivity contribution in [1.29, 1.82) is 0 Å². The standard InChI is InChI=1S/C25H30N2O5/c1-4-21(22(28)26-15-25(3,5-2)23(29)30)27-24(31)32-14-20-18-12-8-6-10-16(18)17-11-7-9-13-19(17)20/h6-13,20-21H,4-5,14-15H2,1-3H3,(H,26,28)(H,27,31)(H,29,30).